The summed E-state index contributed by atoms with van der Waals surface area (Å²) in [5, 5.41) is 10.4. The van der Waals surface area contributed by atoms with Crippen molar-refractivity contribution >= 4 is 6.09 Å². The summed E-state index contributed by atoms with van der Waals surface area (Å²) >= 11 is 0. The van der Waals surface area contributed by atoms with Crippen molar-refractivity contribution in [1.82, 2.24) is 9.80 Å². The number of carbonyl (C=O) groups is 1. The standard InChI is InChI=1S/C19H29FN2O3/c1-13-6-7-15(10-16(13)20)17(23)12-21-8-9-22(14(2)11-21)18(24)25-19(3,4)5/h6-7,10,14,17,23H,8-9,11-12H2,1-5H3/t14-,17?/m1/s1. The number of halogens is 1. The average molecular weight is 352 g/mol. The lowest BCUT2D eigenvalue weighted by atomic mass is 10.1. The van der Waals surface area contributed by atoms with E-state index in [0.29, 0.717) is 37.3 Å². The fraction of sp³-hybridized carbons (Fsp3) is 0.632. The Kier molecular flexibility index (Phi) is 6.06. The summed E-state index contributed by atoms with van der Waals surface area (Å²) in [5.41, 5.74) is 0.625. The van der Waals surface area contributed by atoms with E-state index in [1.807, 2.05) is 27.7 Å². The number of piperazine rings is 1. The Morgan fingerprint density at radius 1 is 1.40 bits per heavy atom. The lowest BCUT2D eigenvalue weighted by Crippen LogP contribution is -2.55. The van der Waals surface area contributed by atoms with Crippen LogP contribution in [0.25, 0.3) is 0 Å². The van der Waals surface area contributed by atoms with Crippen LogP contribution in [0.15, 0.2) is 18.2 Å². The summed E-state index contributed by atoms with van der Waals surface area (Å²) < 4.78 is 19.1. The van der Waals surface area contributed by atoms with E-state index in [1.165, 1.54) is 6.07 Å². The normalized spacial score (nSPS) is 20.4. The van der Waals surface area contributed by atoms with Crippen LogP contribution in [-0.2, 0) is 4.74 Å². The maximum absolute atomic E-state index is 13.7. The lowest BCUT2D eigenvalue weighted by Gasteiger charge is -2.40. The monoisotopic (exact) mass is 352 g/mol. The van der Waals surface area contributed by atoms with Crippen LogP contribution in [-0.4, -0.2) is 58.8 Å². The molecule has 0 radical (unpaired) electrons. The second-order valence-electron chi connectivity index (χ2n) is 7.81. The first kappa shape index (κ1) is 19.7. The number of hydrogen-bond donors (Lipinski definition) is 1. The zero-order valence-electron chi connectivity index (χ0n) is 15.8. The topological polar surface area (TPSA) is 53.0 Å². The summed E-state index contributed by atoms with van der Waals surface area (Å²) in [4.78, 5) is 16.1. The van der Waals surface area contributed by atoms with Gasteiger partial charge in [-0.3, -0.25) is 4.90 Å². The zero-order valence-corrected chi connectivity index (χ0v) is 15.8. The van der Waals surface area contributed by atoms with Crippen molar-refractivity contribution in [3.05, 3.63) is 35.1 Å². The minimum atomic E-state index is -0.754. The number of benzene rings is 1. The smallest absolute Gasteiger partial charge is 0.410 e. The number of aryl methyl sites for hydroxylation is 1. The molecule has 1 aliphatic heterocycles. The molecule has 5 nitrogen and oxygen atoms in total. The predicted octanol–water partition coefficient (Wildman–Crippen LogP) is 3.11. The predicted molar refractivity (Wildman–Crippen MR) is 94.9 cm³/mol. The Hall–Kier alpha value is -1.66. The van der Waals surface area contributed by atoms with Crippen LogP contribution in [0.3, 0.4) is 0 Å². The third-order valence-electron chi connectivity index (χ3n) is 4.35. The molecule has 0 spiro atoms. The lowest BCUT2D eigenvalue weighted by molar-refractivity contribution is -0.00423. The van der Waals surface area contributed by atoms with Crippen LogP contribution in [0.4, 0.5) is 9.18 Å². The average Bonchev–Trinajstić information content (AvgIpc) is 2.48. The Labute approximate surface area is 149 Å². The Morgan fingerprint density at radius 3 is 2.64 bits per heavy atom. The van der Waals surface area contributed by atoms with Gasteiger partial charge in [0.1, 0.15) is 11.4 Å². The van der Waals surface area contributed by atoms with Gasteiger partial charge in [-0.2, -0.15) is 0 Å². The number of carbonyl (C=O) groups excluding carboxylic acids is 1. The molecule has 140 valence electrons. The molecule has 1 aromatic carbocycles. The van der Waals surface area contributed by atoms with Crippen molar-refractivity contribution in [2.24, 2.45) is 0 Å². The molecule has 1 aromatic rings. The maximum Gasteiger partial charge on any atom is 0.410 e. The Bertz CT molecular complexity index is 615. The van der Waals surface area contributed by atoms with Crippen LogP contribution >= 0.6 is 0 Å². The SMILES string of the molecule is Cc1ccc(C(O)CN2CCN(C(=O)OC(C)(C)C)[C@H](C)C2)cc1F. The van der Waals surface area contributed by atoms with Gasteiger partial charge in [-0.15, -0.1) is 0 Å². The number of ether oxygens (including phenoxy) is 1. The summed E-state index contributed by atoms with van der Waals surface area (Å²) in [6.07, 6.45) is -1.06. The first-order chi connectivity index (χ1) is 11.6. The third kappa shape index (κ3) is 5.41. The molecule has 1 aliphatic rings. The fourth-order valence-corrected chi connectivity index (χ4v) is 2.96. The van der Waals surface area contributed by atoms with Gasteiger partial charge in [-0.25, -0.2) is 9.18 Å². The van der Waals surface area contributed by atoms with E-state index in [-0.39, 0.29) is 18.0 Å². The van der Waals surface area contributed by atoms with Crippen molar-refractivity contribution in [2.45, 2.75) is 52.4 Å². The molecule has 2 atom stereocenters. The molecule has 0 saturated carbocycles. The van der Waals surface area contributed by atoms with Gasteiger partial charge in [0.05, 0.1) is 6.10 Å². The molecular weight excluding hydrogens is 323 g/mol. The molecule has 0 bridgehead atoms. The maximum atomic E-state index is 13.7. The minimum Gasteiger partial charge on any atom is -0.444 e. The number of aliphatic hydroxyl groups excluding tert-OH is 1. The zero-order chi connectivity index (χ0) is 18.8. The van der Waals surface area contributed by atoms with Crippen molar-refractivity contribution < 1.29 is 19.0 Å². The fourth-order valence-electron chi connectivity index (χ4n) is 2.96. The molecule has 1 heterocycles. The molecule has 1 amide bonds. The van der Waals surface area contributed by atoms with E-state index in [0.717, 1.165) is 0 Å². The second kappa shape index (κ2) is 7.70. The minimum absolute atomic E-state index is 0.00875. The number of hydrogen-bond acceptors (Lipinski definition) is 4. The summed E-state index contributed by atoms with van der Waals surface area (Å²) in [5.74, 6) is -0.306. The van der Waals surface area contributed by atoms with Gasteiger partial charge in [0.25, 0.3) is 0 Å². The Balaban J connectivity index is 1.92. The van der Waals surface area contributed by atoms with Gasteiger partial charge in [0.15, 0.2) is 0 Å². The van der Waals surface area contributed by atoms with Crippen molar-refractivity contribution in [3.8, 4) is 0 Å². The van der Waals surface area contributed by atoms with Gasteiger partial charge in [0.2, 0.25) is 0 Å². The van der Waals surface area contributed by atoms with Crippen LogP contribution in [0, 0.1) is 12.7 Å². The molecule has 1 saturated heterocycles. The molecule has 1 N–H and O–H groups in total. The van der Waals surface area contributed by atoms with E-state index in [1.54, 1.807) is 24.0 Å². The van der Waals surface area contributed by atoms with Gasteiger partial charge in [0, 0.05) is 32.2 Å². The summed E-state index contributed by atoms with van der Waals surface area (Å²) in [6, 6.07) is 4.81. The molecule has 0 aliphatic carbocycles. The van der Waals surface area contributed by atoms with Crippen LogP contribution in [0.5, 0.6) is 0 Å². The number of rotatable bonds is 3. The number of amides is 1. The van der Waals surface area contributed by atoms with Crippen molar-refractivity contribution in [2.75, 3.05) is 26.2 Å². The number of aliphatic hydroxyl groups is 1. The van der Waals surface area contributed by atoms with E-state index < -0.39 is 11.7 Å². The molecule has 1 fully saturated rings. The van der Waals surface area contributed by atoms with Crippen LogP contribution in [0.1, 0.15) is 44.9 Å². The summed E-state index contributed by atoms with van der Waals surface area (Å²) in [7, 11) is 0. The first-order valence-electron chi connectivity index (χ1n) is 8.73. The highest BCUT2D eigenvalue weighted by molar-refractivity contribution is 5.68. The van der Waals surface area contributed by atoms with Crippen molar-refractivity contribution in [3.63, 3.8) is 0 Å². The largest absolute Gasteiger partial charge is 0.444 e. The van der Waals surface area contributed by atoms with E-state index in [4.69, 9.17) is 4.74 Å². The number of nitrogens with zero attached hydrogens (tertiary/aromatic N) is 2. The second-order valence-corrected chi connectivity index (χ2v) is 7.81. The van der Waals surface area contributed by atoms with E-state index in [2.05, 4.69) is 4.90 Å². The molecule has 25 heavy (non-hydrogen) atoms. The molecule has 6 heteroatoms. The van der Waals surface area contributed by atoms with Gasteiger partial charge < -0.3 is 14.7 Å². The highest BCUT2D eigenvalue weighted by Crippen LogP contribution is 2.20. The van der Waals surface area contributed by atoms with Crippen LogP contribution in [0.2, 0.25) is 0 Å². The Morgan fingerprint density at radius 2 is 2.08 bits per heavy atom. The summed E-state index contributed by atoms with van der Waals surface area (Å²) in [6.45, 7) is 11.5. The first-order valence-corrected chi connectivity index (χ1v) is 8.73. The van der Waals surface area contributed by atoms with Crippen LogP contribution < -0.4 is 0 Å². The van der Waals surface area contributed by atoms with Gasteiger partial charge >= 0.3 is 6.09 Å². The van der Waals surface area contributed by atoms with E-state index >= 15 is 0 Å². The van der Waals surface area contributed by atoms with Gasteiger partial charge in [-0.05, 0) is 51.8 Å². The third-order valence-corrected chi connectivity index (χ3v) is 4.35. The highest BCUT2D eigenvalue weighted by Gasteiger charge is 2.31. The molecule has 1 unspecified atom stereocenters. The quantitative estimate of drug-likeness (QED) is 0.908. The molecular formula is C19H29FN2O3. The van der Waals surface area contributed by atoms with Crippen molar-refractivity contribution in [1.29, 1.82) is 0 Å². The highest BCUT2D eigenvalue weighted by atomic mass is 19.1. The number of β-amino-alcohol motifs (C(OH)–C–C–N with tert-alkyl or cyclic N) is 1. The van der Waals surface area contributed by atoms with E-state index in [9.17, 15) is 14.3 Å². The van der Waals surface area contributed by atoms with Gasteiger partial charge in [-0.1, -0.05) is 12.1 Å². The molecule has 0 aromatic heterocycles. The molecule has 2 rings (SSSR count).